The molecule has 0 spiro atoms. The van der Waals surface area contributed by atoms with E-state index in [0.29, 0.717) is 11.3 Å². The molecule has 0 bridgehead atoms. The van der Waals surface area contributed by atoms with E-state index in [0.717, 1.165) is 25.9 Å². The summed E-state index contributed by atoms with van der Waals surface area (Å²) in [6, 6.07) is 10.1. The normalized spacial score (nSPS) is 13.2. The summed E-state index contributed by atoms with van der Waals surface area (Å²) in [5, 5.41) is 20.7. The van der Waals surface area contributed by atoms with Crippen LogP contribution in [0.5, 0.6) is 0 Å². The molecule has 1 aromatic carbocycles. The number of amides is 1. The minimum atomic E-state index is -0.248. The van der Waals surface area contributed by atoms with Gasteiger partial charge in [0, 0.05) is 18.7 Å². The maximum atomic E-state index is 12.1. The van der Waals surface area contributed by atoms with Crippen molar-refractivity contribution in [2.24, 2.45) is 5.10 Å². The summed E-state index contributed by atoms with van der Waals surface area (Å²) in [6.45, 7) is 1.63. The Morgan fingerprint density at radius 2 is 1.75 bits per heavy atom. The Morgan fingerprint density at radius 3 is 2.30 bits per heavy atom. The molecular formula is C14H13N5O. The van der Waals surface area contributed by atoms with Gasteiger partial charge in [0.25, 0.3) is 5.91 Å². The zero-order valence-corrected chi connectivity index (χ0v) is 10.8. The van der Waals surface area contributed by atoms with Gasteiger partial charge in [0.15, 0.2) is 0 Å². The Bertz CT molecular complexity index is 584. The second-order valence-electron chi connectivity index (χ2n) is 4.37. The van der Waals surface area contributed by atoms with E-state index in [9.17, 15) is 4.79 Å². The number of hydrogen-bond donors (Lipinski definition) is 1. The Hall–Kier alpha value is -2.86. The van der Waals surface area contributed by atoms with Crippen molar-refractivity contribution < 1.29 is 4.79 Å². The summed E-state index contributed by atoms with van der Waals surface area (Å²) in [5.41, 5.74) is 3.60. The minimum Gasteiger partial charge on any atom is -0.339 e. The van der Waals surface area contributed by atoms with E-state index >= 15 is 0 Å². The van der Waals surface area contributed by atoms with Crippen molar-refractivity contribution in [3.05, 3.63) is 29.8 Å². The molecule has 6 nitrogen and oxygen atoms in total. The van der Waals surface area contributed by atoms with E-state index in [1.165, 1.54) is 0 Å². The summed E-state index contributed by atoms with van der Waals surface area (Å²) in [6.07, 6.45) is 2.12. The van der Waals surface area contributed by atoms with Crippen molar-refractivity contribution in [1.82, 2.24) is 4.90 Å². The Kier molecular flexibility index (Phi) is 4.31. The molecule has 20 heavy (non-hydrogen) atoms. The molecule has 1 aliphatic heterocycles. The van der Waals surface area contributed by atoms with Crippen LogP contribution < -0.4 is 5.43 Å². The van der Waals surface area contributed by atoms with Crippen molar-refractivity contribution in [3.8, 4) is 12.1 Å². The van der Waals surface area contributed by atoms with E-state index in [-0.39, 0.29) is 11.6 Å². The number of nitrogens with one attached hydrogen (secondary N) is 1. The van der Waals surface area contributed by atoms with E-state index < -0.39 is 0 Å². The molecule has 1 saturated heterocycles. The number of likely N-dealkylation sites (tertiary alicyclic amines) is 1. The minimum absolute atomic E-state index is 0.0345. The number of hydrogen-bond acceptors (Lipinski definition) is 5. The van der Waals surface area contributed by atoms with Crippen LogP contribution in [0.2, 0.25) is 0 Å². The van der Waals surface area contributed by atoms with Gasteiger partial charge in [0.1, 0.15) is 12.1 Å². The summed E-state index contributed by atoms with van der Waals surface area (Å²) < 4.78 is 0. The molecule has 1 amide bonds. The van der Waals surface area contributed by atoms with Crippen LogP contribution in [0.4, 0.5) is 5.69 Å². The van der Waals surface area contributed by atoms with Gasteiger partial charge in [-0.25, -0.2) is 0 Å². The number of nitrogens with zero attached hydrogens (tertiary/aromatic N) is 4. The molecule has 1 heterocycles. The second kappa shape index (κ2) is 6.35. The van der Waals surface area contributed by atoms with Gasteiger partial charge in [0.05, 0.1) is 5.69 Å². The third kappa shape index (κ3) is 3.12. The number of rotatable bonds is 3. The van der Waals surface area contributed by atoms with Crippen molar-refractivity contribution in [1.29, 1.82) is 10.5 Å². The third-order valence-corrected chi connectivity index (χ3v) is 3.03. The SMILES string of the molecule is N#CC(C#N)=NNc1ccc(C(=O)N2CCCC2)cc1. The molecule has 2 rings (SSSR count). The molecule has 0 atom stereocenters. The van der Waals surface area contributed by atoms with Crippen LogP contribution in [-0.2, 0) is 0 Å². The number of hydrazone groups is 1. The van der Waals surface area contributed by atoms with Crippen LogP contribution in [0.15, 0.2) is 29.4 Å². The molecule has 0 aliphatic carbocycles. The lowest BCUT2D eigenvalue weighted by Gasteiger charge is -2.15. The summed E-state index contributed by atoms with van der Waals surface area (Å²) in [5.74, 6) is 0.0345. The van der Waals surface area contributed by atoms with E-state index in [1.54, 1.807) is 36.4 Å². The molecule has 1 fully saturated rings. The number of carbonyl (C=O) groups excluding carboxylic acids is 1. The molecule has 0 radical (unpaired) electrons. The Labute approximate surface area is 116 Å². The molecule has 0 aromatic heterocycles. The first kappa shape index (κ1) is 13.6. The largest absolute Gasteiger partial charge is 0.339 e. The predicted octanol–water partition coefficient (Wildman–Crippen LogP) is 1.74. The molecule has 1 aromatic rings. The lowest BCUT2D eigenvalue weighted by molar-refractivity contribution is 0.0793. The first-order valence-electron chi connectivity index (χ1n) is 6.28. The zero-order chi connectivity index (χ0) is 14.4. The van der Waals surface area contributed by atoms with Gasteiger partial charge in [0.2, 0.25) is 5.71 Å². The molecule has 0 unspecified atom stereocenters. The quantitative estimate of drug-likeness (QED) is 0.666. The van der Waals surface area contributed by atoms with Crippen LogP contribution in [-0.4, -0.2) is 29.6 Å². The van der Waals surface area contributed by atoms with Gasteiger partial charge in [-0.05, 0) is 37.1 Å². The highest BCUT2D eigenvalue weighted by Crippen LogP contribution is 2.15. The molecule has 100 valence electrons. The standard InChI is InChI=1S/C14H13N5O/c15-9-13(10-16)18-17-12-5-3-11(4-6-12)14(20)19-7-1-2-8-19/h3-6,17H,1-2,7-8H2. The van der Waals surface area contributed by atoms with Crippen LogP contribution in [0, 0.1) is 22.7 Å². The highest BCUT2D eigenvalue weighted by Gasteiger charge is 2.18. The van der Waals surface area contributed by atoms with Crippen molar-refractivity contribution in [2.75, 3.05) is 18.5 Å². The lowest BCUT2D eigenvalue weighted by Crippen LogP contribution is -2.27. The highest BCUT2D eigenvalue weighted by molar-refractivity contribution is 6.10. The summed E-state index contributed by atoms with van der Waals surface area (Å²) in [4.78, 5) is 13.9. The third-order valence-electron chi connectivity index (χ3n) is 3.03. The van der Waals surface area contributed by atoms with Gasteiger partial charge < -0.3 is 4.90 Å². The van der Waals surface area contributed by atoms with Crippen LogP contribution in [0.1, 0.15) is 23.2 Å². The highest BCUT2D eigenvalue weighted by atomic mass is 16.2. The van der Waals surface area contributed by atoms with Gasteiger partial charge in [-0.15, -0.1) is 0 Å². The summed E-state index contributed by atoms with van der Waals surface area (Å²) in [7, 11) is 0. The maximum Gasteiger partial charge on any atom is 0.253 e. The monoisotopic (exact) mass is 267 g/mol. The van der Waals surface area contributed by atoms with Gasteiger partial charge in [-0.2, -0.15) is 15.6 Å². The van der Waals surface area contributed by atoms with E-state index in [1.807, 2.05) is 4.90 Å². The molecule has 6 heteroatoms. The maximum absolute atomic E-state index is 12.1. The van der Waals surface area contributed by atoms with Crippen molar-refractivity contribution in [3.63, 3.8) is 0 Å². The van der Waals surface area contributed by atoms with Crippen LogP contribution in [0.25, 0.3) is 0 Å². The van der Waals surface area contributed by atoms with Crippen LogP contribution >= 0.6 is 0 Å². The van der Waals surface area contributed by atoms with Gasteiger partial charge >= 0.3 is 0 Å². The predicted molar refractivity (Wildman–Crippen MR) is 73.9 cm³/mol. The fourth-order valence-corrected chi connectivity index (χ4v) is 1.99. The first-order chi connectivity index (χ1) is 9.74. The van der Waals surface area contributed by atoms with E-state index in [2.05, 4.69) is 10.5 Å². The van der Waals surface area contributed by atoms with Crippen LogP contribution in [0.3, 0.4) is 0 Å². The first-order valence-corrected chi connectivity index (χ1v) is 6.28. The lowest BCUT2D eigenvalue weighted by atomic mass is 10.2. The fraction of sp³-hybridized carbons (Fsp3) is 0.286. The number of carbonyl (C=O) groups is 1. The second-order valence-corrected chi connectivity index (χ2v) is 4.37. The van der Waals surface area contributed by atoms with E-state index in [4.69, 9.17) is 10.5 Å². The van der Waals surface area contributed by atoms with Crippen molar-refractivity contribution >= 4 is 17.3 Å². The van der Waals surface area contributed by atoms with Gasteiger partial charge in [-0.1, -0.05) is 0 Å². The average Bonchev–Trinajstić information content (AvgIpc) is 3.02. The molecular weight excluding hydrogens is 254 g/mol. The fourth-order valence-electron chi connectivity index (χ4n) is 1.99. The van der Waals surface area contributed by atoms with Crippen molar-refractivity contribution in [2.45, 2.75) is 12.8 Å². The topological polar surface area (TPSA) is 92.3 Å². The number of nitriles is 2. The Balaban J connectivity index is 2.03. The smallest absolute Gasteiger partial charge is 0.253 e. The summed E-state index contributed by atoms with van der Waals surface area (Å²) >= 11 is 0. The zero-order valence-electron chi connectivity index (χ0n) is 10.8. The van der Waals surface area contributed by atoms with Gasteiger partial charge in [-0.3, -0.25) is 10.2 Å². The average molecular weight is 267 g/mol. The number of benzene rings is 1. The molecule has 0 saturated carbocycles. The Morgan fingerprint density at radius 1 is 1.15 bits per heavy atom. The molecule has 1 N–H and O–H groups in total. The molecule has 1 aliphatic rings. The number of anilines is 1.